The maximum atomic E-state index is 14.0. The lowest BCUT2D eigenvalue weighted by molar-refractivity contribution is -0.119. The molecule has 5 aromatic rings. The predicted octanol–water partition coefficient (Wildman–Crippen LogP) is 5.09. The average Bonchev–Trinajstić information content (AvgIpc) is 3.55. The van der Waals surface area contributed by atoms with E-state index in [0.717, 1.165) is 53.9 Å². The van der Waals surface area contributed by atoms with E-state index in [1.165, 1.54) is 29.2 Å². The molecule has 0 saturated heterocycles. The van der Waals surface area contributed by atoms with E-state index in [9.17, 15) is 19.8 Å². The molecule has 0 aliphatic heterocycles. The van der Waals surface area contributed by atoms with Gasteiger partial charge in [0.05, 0.1) is 23.2 Å². The summed E-state index contributed by atoms with van der Waals surface area (Å²) in [5, 5.41) is 24.5. The number of phenolic OH excluding ortho intramolecular Hbond substituents is 2. The van der Waals surface area contributed by atoms with Gasteiger partial charge >= 0.3 is 0 Å². The van der Waals surface area contributed by atoms with Crippen molar-refractivity contribution in [2.75, 3.05) is 5.75 Å². The molecule has 3 heterocycles. The Balaban J connectivity index is 1.48. The molecule has 0 unspecified atom stereocenters. The van der Waals surface area contributed by atoms with Gasteiger partial charge in [-0.3, -0.25) is 14.2 Å². The number of benzene rings is 2. The van der Waals surface area contributed by atoms with E-state index >= 15 is 0 Å². The van der Waals surface area contributed by atoms with Crippen molar-refractivity contribution in [3.05, 3.63) is 65.1 Å². The fourth-order valence-corrected chi connectivity index (χ4v) is 6.21. The van der Waals surface area contributed by atoms with Gasteiger partial charge in [-0.2, -0.15) is 0 Å². The first kappa shape index (κ1) is 25.1. The van der Waals surface area contributed by atoms with Gasteiger partial charge in [-0.15, -0.1) is 0 Å². The van der Waals surface area contributed by atoms with Gasteiger partial charge < -0.3 is 24.5 Å². The lowest BCUT2D eigenvalue weighted by Gasteiger charge is -2.22. The van der Waals surface area contributed by atoms with Gasteiger partial charge in [0.2, 0.25) is 5.91 Å². The molecule has 1 aliphatic rings. The van der Waals surface area contributed by atoms with Crippen LogP contribution in [0.1, 0.15) is 32.1 Å². The molecule has 39 heavy (non-hydrogen) atoms. The van der Waals surface area contributed by atoms with Crippen molar-refractivity contribution in [3.63, 3.8) is 0 Å². The highest BCUT2D eigenvalue weighted by atomic mass is 32.2. The van der Waals surface area contributed by atoms with E-state index in [-0.39, 0.29) is 45.6 Å². The number of hydrogen-bond acceptors (Lipinski definition) is 7. The Labute approximate surface area is 228 Å². The number of hydrogen-bond donors (Lipinski definition) is 3. The van der Waals surface area contributed by atoms with Crippen LogP contribution in [-0.2, 0) is 11.8 Å². The van der Waals surface area contributed by atoms with Crippen molar-refractivity contribution in [1.29, 1.82) is 0 Å². The number of aryl methyl sites for hydroxylation is 1. The van der Waals surface area contributed by atoms with Crippen molar-refractivity contribution in [2.24, 2.45) is 7.05 Å². The minimum absolute atomic E-state index is 0.0711. The maximum absolute atomic E-state index is 14.0. The lowest BCUT2D eigenvalue weighted by Crippen LogP contribution is -2.37. The molecule has 0 radical (unpaired) electrons. The average molecular weight is 545 g/mol. The van der Waals surface area contributed by atoms with Crippen LogP contribution in [0.5, 0.6) is 11.5 Å². The predicted molar refractivity (Wildman–Crippen MR) is 151 cm³/mol. The zero-order chi connectivity index (χ0) is 27.1. The summed E-state index contributed by atoms with van der Waals surface area (Å²) in [5.41, 5.74) is 2.40. The van der Waals surface area contributed by atoms with Crippen molar-refractivity contribution in [3.8, 4) is 28.5 Å². The fraction of sp³-hybridized carbons (Fsp3) is 0.276. The van der Waals surface area contributed by atoms with Gasteiger partial charge in [0.25, 0.3) is 5.56 Å². The highest BCUT2D eigenvalue weighted by molar-refractivity contribution is 7.99. The number of aromatic nitrogens is 3. The molecule has 200 valence electrons. The zero-order valence-electron chi connectivity index (χ0n) is 21.4. The number of carbonyl (C=O) groups is 1. The summed E-state index contributed by atoms with van der Waals surface area (Å²) in [6.07, 6.45) is 6.97. The Morgan fingerprint density at radius 2 is 1.87 bits per heavy atom. The van der Waals surface area contributed by atoms with Crippen LogP contribution in [0.3, 0.4) is 0 Å². The quantitative estimate of drug-likeness (QED) is 0.201. The van der Waals surface area contributed by atoms with E-state index in [4.69, 9.17) is 9.40 Å². The summed E-state index contributed by atoms with van der Waals surface area (Å²) in [4.78, 5) is 31.8. The molecule has 1 saturated carbocycles. The second-order valence-electron chi connectivity index (χ2n) is 9.90. The second kappa shape index (κ2) is 10.2. The molecule has 0 atom stereocenters. The number of rotatable bonds is 6. The van der Waals surface area contributed by atoms with Crippen molar-refractivity contribution in [1.82, 2.24) is 19.4 Å². The number of furan rings is 1. The molecule has 1 fully saturated rings. The number of fused-ring (bicyclic) bond motifs is 3. The number of nitrogens with zero attached hydrogens (tertiary/aromatic N) is 3. The van der Waals surface area contributed by atoms with Crippen LogP contribution in [-0.4, -0.2) is 42.0 Å². The molecule has 3 N–H and O–H groups in total. The lowest BCUT2D eigenvalue weighted by atomic mass is 9.95. The number of aromatic hydroxyl groups is 2. The minimum Gasteiger partial charge on any atom is -0.508 e. The molecule has 0 spiro atoms. The van der Waals surface area contributed by atoms with Crippen LogP contribution in [0.2, 0.25) is 0 Å². The molecule has 1 aliphatic carbocycles. The number of amides is 1. The number of nitrogens with one attached hydrogen (secondary N) is 1. The Hall–Kier alpha value is -4.18. The van der Waals surface area contributed by atoms with Gasteiger partial charge in [0.15, 0.2) is 5.16 Å². The van der Waals surface area contributed by atoms with E-state index < -0.39 is 0 Å². The van der Waals surface area contributed by atoms with Gasteiger partial charge in [0, 0.05) is 42.2 Å². The molecule has 0 bridgehead atoms. The first-order valence-corrected chi connectivity index (χ1v) is 13.9. The van der Waals surface area contributed by atoms with Gasteiger partial charge in [-0.25, -0.2) is 4.98 Å². The number of phenols is 2. The van der Waals surface area contributed by atoms with E-state index in [2.05, 4.69) is 5.32 Å². The summed E-state index contributed by atoms with van der Waals surface area (Å²) in [7, 11) is 1.80. The SMILES string of the molecule is Cn1c2ccc(-c3ccco3)cc2c2nc(SCC(=O)NC3CCCCC3)n(-c3cc(O)cc(O)c3)c(=O)c21. The molecule has 9 nitrogen and oxygen atoms in total. The van der Waals surface area contributed by atoms with Crippen molar-refractivity contribution < 1.29 is 19.4 Å². The smallest absolute Gasteiger partial charge is 0.283 e. The summed E-state index contributed by atoms with van der Waals surface area (Å²) in [6, 6.07) is 13.6. The Kier molecular flexibility index (Phi) is 6.56. The first-order chi connectivity index (χ1) is 18.9. The van der Waals surface area contributed by atoms with Crippen molar-refractivity contribution in [2.45, 2.75) is 43.3 Å². The summed E-state index contributed by atoms with van der Waals surface area (Å²) >= 11 is 1.15. The van der Waals surface area contributed by atoms with Gasteiger partial charge in [-0.05, 0) is 43.2 Å². The standard InChI is InChI=1S/C29H28N4O5S/c1-32-23-10-9-17(24-8-5-11-38-24)12-22(23)26-27(32)28(37)33(19-13-20(34)15-21(35)14-19)29(31-26)39-16-25(36)30-18-6-3-2-4-7-18/h5,8-15,18,34-35H,2-4,6-7,16H2,1H3,(H,30,36). The minimum atomic E-state index is -0.376. The largest absolute Gasteiger partial charge is 0.508 e. The third-order valence-corrected chi connectivity index (χ3v) is 8.17. The van der Waals surface area contributed by atoms with Crippen LogP contribution < -0.4 is 10.9 Å². The van der Waals surface area contributed by atoms with Crippen LogP contribution >= 0.6 is 11.8 Å². The summed E-state index contributed by atoms with van der Waals surface area (Å²) in [5.74, 6) is 0.268. The first-order valence-electron chi connectivity index (χ1n) is 12.9. The number of thioether (sulfide) groups is 1. The second-order valence-corrected chi connectivity index (χ2v) is 10.8. The topological polar surface area (TPSA) is 123 Å². The monoisotopic (exact) mass is 544 g/mol. The van der Waals surface area contributed by atoms with Crippen LogP contribution in [0.25, 0.3) is 38.9 Å². The fourth-order valence-electron chi connectivity index (χ4n) is 5.40. The molecule has 3 aromatic heterocycles. The van der Waals surface area contributed by atoms with Crippen molar-refractivity contribution >= 4 is 39.6 Å². The zero-order valence-corrected chi connectivity index (χ0v) is 22.2. The maximum Gasteiger partial charge on any atom is 0.283 e. The Morgan fingerprint density at radius 1 is 1.10 bits per heavy atom. The van der Waals surface area contributed by atoms with Crippen LogP contribution in [0.4, 0.5) is 0 Å². The van der Waals surface area contributed by atoms with E-state index in [0.29, 0.717) is 16.8 Å². The molecule has 2 aromatic carbocycles. The third kappa shape index (κ3) is 4.76. The molecule has 10 heteroatoms. The highest BCUT2D eigenvalue weighted by Gasteiger charge is 2.22. The van der Waals surface area contributed by atoms with E-state index in [1.807, 2.05) is 30.3 Å². The Morgan fingerprint density at radius 3 is 2.59 bits per heavy atom. The van der Waals surface area contributed by atoms with E-state index in [1.54, 1.807) is 17.9 Å². The van der Waals surface area contributed by atoms with Gasteiger partial charge in [-0.1, -0.05) is 31.0 Å². The normalized spacial score (nSPS) is 14.3. The highest BCUT2D eigenvalue weighted by Crippen LogP contribution is 2.33. The Bertz CT molecular complexity index is 1730. The summed E-state index contributed by atoms with van der Waals surface area (Å²) in [6.45, 7) is 0. The molecule has 1 amide bonds. The van der Waals surface area contributed by atoms with Crippen LogP contribution in [0.15, 0.2) is 69.2 Å². The molecule has 6 rings (SSSR count). The molecular formula is C29H28N4O5S. The third-order valence-electron chi connectivity index (χ3n) is 7.23. The number of carbonyl (C=O) groups excluding carboxylic acids is 1. The summed E-state index contributed by atoms with van der Waals surface area (Å²) < 4.78 is 8.70. The van der Waals surface area contributed by atoms with Crippen LogP contribution in [0, 0.1) is 0 Å². The van der Waals surface area contributed by atoms with Gasteiger partial charge in [0.1, 0.15) is 28.3 Å². The molecular weight excluding hydrogens is 516 g/mol.